The van der Waals surface area contributed by atoms with Crippen molar-refractivity contribution in [2.24, 2.45) is 5.73 Å². The Hall–Kier alpha value is -1.23. The van der Waals surface area contributed by atoms with E-state index in [-0.39, 0.29) is 6.04 Å². The highest BCUT2D eigenvalue weighted by atomic mass is 19.4. The van der Waals surface area contributed by atoms with Gasteiger partial charge in [0.25, 0.3) is 0 Å². The van der Waals surface area contributed by atoms with Crippen LogP contribution in [0.3, 0.4) is 0 Å². The van der Waals surface area contributed by atoms with E-state index in [4.69, 9.17) is 5.73 Å². The van der Waals surface area contributed by atoms with Crippen LogP contribution >= 0.6 is 0 Å². The summed E-state index contributed by atoms with van der Waals surface area (Å²) in [5.41, 5.74) is 7.29. The Bertz CT molecular complexity index is 377. The zero-order valence-corrected chi connectivity index (χ0v) is 10.7. The number of rotatable bonds is 5. The minimum atomic E-state index is -4.21. The Balaban J connectivity index is 3.05. The Morgan fingerprint density at radius 3 is 2.33 bits per heavy atom. The highest BCUT2D eigenvalue weighted by Gasteiger charge is 2.31. The van der Waals surface area contributed by atoms with Crippen molar-refractivity contribution in [2.45, 2.75) is 32.5 Å². The van der Waals surface area contributed by atoms with Crippen molar-refractivity contribution in [3.05, 3.63) is 29.8 Å². The van der Waals surface area contributed by atoms with Gasteiger partial charge in [0, 0.05) is 18.3 Å². The van der Waals surface area contributed by atoms with Crippen molar-refractivity contribution in [3.8, 4) is 0 Å². The van der Waals surface area contributed by atoms with Crippen molar-refractivity contribution in [1.29, 1.82) is 0 Å². The first-order valence-electron chi connectivity index (χ1n) is 6.05. The summed E-state index contributed by atoms with van der Waals surface area (Å²) >= 11 is 0. The van der Waals surface area contributed by atoms with Crippen LogP contribution in [-0.2, 0) is 0 Å². The number of benzene rings is 1. The molecule has 1 rings (SSSR count). The van der Waals surface area contributed by atoms with Gasteiger partial charge < -0.3 is 10.6 Å². The lowest BCUT2D eigenvalue weighted by atomic mass is 10.0. The number of hydrogen-bond acceptors (Lipinski definition) is 2. The first-order chi connectivity index (χ1) is 8.39. The average Bonchev–Trinajstić information content (AvgIpc) is 2.34. The second kappa shape index (κ2) is 6.09. The summed E-state index contributed by atoms with van der Waals surface area (Å²) in [6, 6.07) is 6.79. The fourth-order valence-electron chi connectivity index (χ4n) is 1.89. The van der Waals surface area contributed by atoms with Crippen LogP contribution in [0.1, 0.15) is 31.9 Å². The monoisotopic (exact) mass is 260 g/mol. The molecule has 1 aromatic rings. The lowest BCUT2D eigenvalue weighted by molar-refractivity contribution is -0.119. The quantitative estimate of drug-likeness (QED) is 0.878. The summed E-state index contributed by atoms with van der Waals surface area (Å²) in [6.07, 6.45) is -3.51. The second-order valence-electron chi connectivity index (χ2n) is 4.20. The van der Waals surface area contributed by atoms with Crippen molar-refractivity contribution in [3.63, 3.8) is 0 Å². The van der Waals surface area contributed by atoms with E-state index >= 15 is 0 Å². The second-order valence-corrected chi connectivity index (χ2v) is 4.20. The van der Waals surface area contributed by atoms with Gasteiger partial charge in [0.1, 0.15) is 6.54 Å². The zero-order valence-electron chi connectivity index (χ0n) is 10.7. The van der Waals surface area contributed by atoms with Gasteiger partial charge in [0.15, 0.2) is 0 Å². The molecule has 1 aromatic carbocycles. The molecule has 0 bridgehead atoms. The molecule has 0 saturated carbocycles. The van der Waals surface area contributed by atoms with Gasteiger partial charge in [-0.25, -0.2) is 0 Å². The predicted octanol–water partition coefficient (Wildman–Crippen LogP) is 3.49. The van der Waals surface area contributed by atoms with Crippen LogP contribution in [0.2, 0.25) is 0 Å². The lowest BCUT2D eigenvalue weighted by Crippen LogP contribution is -2.35. The molecule has 0 aliphatic carbocycles. The lowest BCUT2D eigenvalue weighted by Gasteiger charge is -2.28. The van der Waals surface area contributed by atoms with Gasteiger partial charge >= 0.3 is 6.18 Å². The van der Waals surface area contributed by atoms with E-state index in [1.807, 2.05) is 6.92 Å². The maximum Gasteiger partial charge on any atom is 0.405 e. The molecule has 0 spiro atoms. The Kier molecular flexibility index (Phi) is 5.02. The number of alkyl halides is 3. The van der Waals surface area contributed by atoms with Crippen LogP contribution in [0.15, 0.2) is 24.3 Å². The van der Waals surface area contributed by atoms with Crippen LogP contribution in [-0.4, -0.2) is 19.3 Å². The minimum absolute atomic E-state index is 0.233. The summed E-state index contributed by atoms with van der Waals surface area (Å²) < 4.78 is 37.6. The van der Waals surface area contributed by atoms with Crippen LogP contribution in [0.25, 0.3) is 0 Å². The molecule has 0 aliphatic heterocycles. The first kappa shape index (κ1) is 14.8. The van der Waals surface area contributed by atoms with Crippen LogP contribution in [0, 0.1) is 0 Å². The standard InChI is InChI=1S/C13H19F3N2/c1-3-11(17)10-7-5-6-8-12(10)18(4-2)9-13(14,15)16/h5-8,11H,3-4,9,17H2,1-2H3/t11-/m1/s1. The fourth-order valence-corrected chi connectivity index (χ4v) is 1.89. The molecule has 1 atom stereocenters. The van der Waals surface area contributed by atoms with E-state index in [0.717, 1.165) is 5.56 Å². The maximum atomic E-state index is 12.5. The molecule has 5 heteroatoms. The molecule has 2 nitrogen and oxygen atoms in total. The van der Waals surface area contributed by atoms with Crippen LogP contribution in [0.5, 0.6) is 0 Å². The van der Waals surface area contributed by atoms with Gasteiger partial charge in [0.05, 0.1) is 0 Å². The molecule has 0 fully saturated rings. The molecular weight excluding hydrogens is 241 g/mol. The van der Waals surface area contributed by atoms with E-state index in [1.54, 1.807) is 31.2 Å². The third-order valence-electron chi connectivity index (χ3n) is 2.87. The van der Waals surface area contributed by atoms with Crippen molar-refractivity contribution in [2.75, 3.05) is 18.0 Å². The zero-order chi connectivity index (χ0) is 13.8. The summed E-state index contributed by atoms with van der Waals surface area (Å²) in [7, 11) is 0. The number of halogens is 3. The number of nitrogens with two attached hydrogens (primary N) is 1. The molecule has 0 saturated heterocycles. The SMILES string of the molecule is CC[C@@H](N)c1ccccc1N(CC)CC(F)(F)F. The summed E-state index contributed by atoms with van der Waals surface area (Å²) in [5, 5.41) is 0. The summed E-state index contributed by atoms with van der Waals surface area (Å²) in [5.74, 6) is 0. The number of hydrogen-bond donors (Lipinski definition) is 1. The number of para-hydroxylation sites is 1. The molecule has 2 N–H and O–H groups in total. The van der Waals surface area contributed by atoms with Gasteiger partial charge in [-0.05, 0) is 25.0 Å². The first-order valence-corrected chi connectivity index (χ1v) is 6.05. The van der Waals surface area contributed by atoms with Crippen LogP contribution < -0.4 is 10.6 Å². The Labute approximate surface area is 106 Å². The topological polar surface area (TPSA) is 29.3 Å². The molecule has 0 unspecified atom stereocenters. The van der Waals surface area contributed by atoms with E-state index in [0.29, 0.717) is 18.7 Å². The molecule has 102 valence electrons. The third kappa shape index (κ3) is 3.91. The predicted molar refractivity (Wildman–Crippen MR) is 67.6 cm³/mol. The largest absolute Gasteiger partial charge is 0.405 e. The smallest absolute Gasteiger partial charge is 0.363 e. The molecule has 0 amide bonds. The van der Waals surface area contributed by atoms with E-state index in [1.165, 1.54) is 4.90 Å². The summed E-state index contributed by atoms with van der Waals surface area (Å²) in [6.45, 7) is 2.98. The van der Waals surface area contributed by atoms with Crippen LogP contribution in [0.4, 0.5) is 18.9 Å². The average molecular weight is 260 g/mol. The maximum absolute atomic E-state index is 12.5. The minimum Gasteiger partial charge on any atom is -0.363 e. The van der Waals surface area contributed by atoms with Crippen molar-refractivity contribution < 1.29 is 13.2 Å². The van der Waals surface area contributed by atoms with Crippen molar-refractivity contribution >= 4 is 5.69 Å². The molecule has 0 aromatic heterocycles. The summed E-state index contributed by atoms with van der Waals surface area (Å²) in [4.78, 5) is 1.31. The van der Waals surface area contributed by atoms with Gasteiger partial charge in [-0.15, -0.1) is 0 Å². The van der Waals surface area contributed by atoms with Crippen molar-refractivity contribution in [1.82, 2.24) is 0 Å². The molecule has 18 heavy (non-hydrogen) atoms. The highest BCUT2D eigenvalue weighted by molar-refractivity contribution is 5.55. The Morgan fingerprint density at radius 2 is 1.83 bits per heavy atom. The van der Waals surface area contributed by atoms with E-state index in [9.17, 15) is 13.2 Å². The molecule has 0 aliphatic rings. The van der Waals surface area contributed by atoms with Gasteiger partial charge in [0.2, 0.25) is 0 Å². The Morgan fingerprint density at radius 1 is 1.22 bits per heavy atom. The third-order valence-corrected chi connectivity index (χ3v) is 2.87. The molecule has 0 heterocycles. The van der Waals surface area contributed by atoms with Gasteiger partial charge in [-0.2, -0.15) is 13.2 Å². The number of nitrogens with zero attached hydrogens (tertiary/aromatic N) is 1. The molecular formula is C13H19F3N2. The van der Waals surface area contributed by atoms with Gasteiger partial charge in [-0.3, -0.25) is 0 Å². The highest BCUT2D eigenvalue weighted by Crippen LogP contribution is 2.29. The van der Waals surface area contributed by atoms with E-state index < -0.39 is 12.7 Å². The van der Waals surface area contributed by atoms with E-state index in [2.05, 4.69) is 0 Å². The number of anilines is 1. The van der Waals surface area contributed by atoms with Gasteiger partial charge in [-0.1, -0.05) is 25.1 Å². The molecule has 0 radical (unpaired) electrons. The normalized spacial score (nSPS) is 13.4. The fraction of sp³-hybridized carbons (Fsp3) is 0.538.